The fourth-order valence-electron chi connectivity index (χ4n) is 1.44. The molecule has 5 heteroatoms. The van der Waals surface area contributed by atoms with Gasteiger partial charge in [0.1, 0.15) is 5.75 Å². The Labute approximate surface area is 106 Å². The van der Waals surface area contributed by atoms with Gasteiger partial charge in [0, 0.05) is 11.6 Å². The van der Waals surface area contributed by atoms with E-state index in [0.717, 1.165) is 6.42 Å². The minimum Gasteiger partial charge on any atom is -0.434 e. The Kier molecular flexibility index (Phi) is 7.50. The maximum atomic E-state index is 12.1. The van der Waals surface area contributed by atoms with Gasteiger partial charge in [-0.3, -0.25) is 0 Å². The first-order valence-corrected chi connectivity index (χ1v) is 5.05. The van der Waals surface area contributed by atoms with Crippen molar-refractivity contribution in [3.8, 4) is 5.75 Å². The molecular formula is C12H16ClF2NO. The molecule has 0 heterocycles. The van der Waals surface area contributed by atoms with Crippen LogP contribution < -0.4 is 10.5 Å². The fourth-order valence-corrected chi connectivity index (χ4v) is 1.44. The van der Waals surface area contributed by atoms with E-state index in [1.54, 1.807) is 24.3 Å². The molecule has 0 aliphatic rings. The number of benzene rings is 1. The highest BCUT2D eigenvalue weighted by Crippen LogP contribution is 2.27. The van der Waals surface area contributed by atoms with Crippen molar-refractivity contribution < 1.29 is 13.5 Å². The van der Waals surface area contributed by atoms with Gasteiger partial charge < -0.3 is 10.5 Å². The van der Waals surface area contributed by atoms with Crippen molar-refractivity contribution in [1.82, 2.24) is 0 Å². The topological polar surface area (TPSA) is 35.2 Å². The number of ether oxygens (including phenoxy) is 1. The third kappa shape index (κ3) is 5.15. The van der Waals surface area contributed by atoms with Gasteiger partial charge >= 0.3 is 6.61 Å². The van der Waals surface area contributed by atoms with Gasteiger partial charge in [-0.15, -0.1) is 19.0 Å². The number of hydrogen-bond donors (Lipinski definition) is 1. The average Bonchev–Trinajstić information content (AvgIpc) is 2.26. The molecule has 0 radical (unpaired) electrons. The van der Waals surface area contributed by atoms with Crippen molar-refractivity contribution in [2.75, 3.05) is 0 Å². The molecule has 0 aliphatic carbocycles. The number of nitrogens with two attached hydrogens (primary N) is 1. The molecule has 1 rings (SSSR count). The molecule has 0 amide bonds. The van der Waals surface area contributed by atoms with Crippen LogP contribution >= 0.6 is 12.4 Å². The van der Waals surface area contributed by atoms with Crippen molar-refractivity contribution in [1.29, 1.82) is 0 Å². The van der Waals surface area contributed by atoms with Crippen LogP contribution in [0.5, 0.6) is 5.75 Å². The lowest BCUT2D eigenvalue weighted by Crippen LogP contribution is -2.13. The van der Waals surface area contributed by atoms with Crippen LogP contribution in [-0.4, -0.2) is 6.61 Å². The maximum absolute atomic E-state index is 12.1. The van der Waals surface area contributed by atoms with Gasteiger partial charge in [-0.05, 0) is 18.9 Å². The SMILES string of the molecule is C=CCC[C@@H](N)c1ccccc1OC(F)F.Cl. The molecule has 0 saturated heterocycles. The van der Waals surface area contributed by atoms with E-state index in [9.17, 15) is 8.78 Å². The highest BCUT2D eigenvalue weighted by molar-refractivity contribution is 5.85. The summed E-state index contributed by atoms with van der Waals surface area (Å²) in [5.41, 5.74) is 6.49. The van der Waals surface area contributed by atoms with E-state index in [-0.39, 0.29) is 24.2 Å². The minimum absolute atomic E-state index is 0. The van der Waals surface area contributed by atoms with Gasteiger partial charge in [0.15, 0.2) is 0 Å². The number of rotatable bonds is 6. The standard InChI is InChI=1S/C12H15F2NO.ClH/c1-2-3-7-10(15)9-6-4-5-8-11(9)16-12(13)14;/h2,4-6,8,10,12H,1,3,7,15H2;1H/t10-;/m1./s1. The molecule has 2 N–H and O–H groups in total. The van der Waals surface area contributed by atoms with Crippen molar-refractivity contribution in [3.63, 3.8) is 0 Å². The predicted molar refractivity (Wildman–Crippen MR) is 66.7 cm³/mol. The Morgan fingerprint density at radius 1 is 1.35 bits per heavy atom. The van der Waals surface area contributed by atoms with Crippen LogP contribution in [0.1, 0.15) is 24.4 Å². The third-order valence-electron chi connectivity index (χ3n) is 2.22. The Hall–Kier alpha value is -1.13. The molecular weight excluding hydrogens is 248 g/mol. The van der Waals surface area contributed by atoms with Crippen LogP contribution in [0.4, 0.5) is 8.78 Å². The first-order chi connectivity index (χ1) is 7.65. The predicted octanol–water partition coefficient (Wildman–Crippen LogP) is 3.68. The zero-order chi connectivity index (χ0) is 12.0. The summed E-state index contributed by atoms with van der Waals surface area (Å²) in [4.78, 5) is 0. The van der Waals surface area contributed by atoms with E-state index in [0.29, 0.717) is 12.0 Å². The van der Waals surface area contributed by atoms with Crippen LogP contribution in [0.3, 0.4) is 0 Å². The molecule has 0 aromatic heterocycles. The molecule has 2 nitrogen and oxygen atoms in total. The normalized spacial score (nSPS) is 11.8. The first kappa shape index (κ1) is 15.9. The number of halogens is 3. The minimum atomic E-state index is -2.83. The summed E-state index contributed by atoms with van der Waals surface area (Å²) >= 11 is 0. The summed E-state index contributed by atoms with van der Waals surface area (Å²) in [5, 5.41) is 0. The van der Waals surface area contributed by atoms with Gasteiger partial charge in [-0.2, -0.15) is 8.78 Å². The summed E-state index contributed by atoms with van der Waals surface area (Å²) < 4.78 is 28.7. The Morgan fingerprint density at radius 3 is 2.59 bits per heavy atom. The van der Waals surface area contributed by atoms with Gasteiger partial charge in [-0.1, -0.05) is 24.3 Å². The van der Waals surface area contributed by atoms with Crippen LogP contribution in [0.15, 0.2) is 36.9 Å². The van der Waals surface area contributed by atoms with Gasteiger partial charge in [-0.25, -0.2) is 0 Å². The van der Waals surface area contributed by atoms with E-state index in [1.165, 1.54) is 6.07 Å². The molecule has 0 spiro atoms. The summed E-state index contributed by atoms with van der Waals surface area (Å²) in [7, 11) is 0. The largest absolute Gasteiger partial charge is 0.434 e. The van der Waals surface area contributed by atoms with Crippen LogP contribution in [-0.2, 0) is 0 Å². The highest BCUT2D eigenvalue weighted by Gasteiger charge is 2.13. The number of para-hydroxylation sites is 1. The molecule has 1 aromatic carbocycles. The Balaban J connectivity index is 0.00000256. The van der Waals surface area contributed by atoms with Crippen molar-refractivity contribution >= 4 is 12.4 Å². The van der Waals surface area contributed by atoms with E-state index >= 15 is 0 Å². The second-order valence-corrected chi connectivity index (χ2v) is 3.39. The third-order valence-corrected chi connectivity index (χ3v) is 2.22. The van der Waals surface area contributed by atoms with Crippen molar-refractivity contribution in [2.24, 2.45) is 5.73 Å². The molecule has 0 bridgehead atoms. The second-order valence-electron chi connectivity index (χ2n) is 3.39. The molecule has 1 atom stereocenters. The van der Waals surface area contributed by atoms with E-state index in [4.69, 9.17) is 5.73 Å². The maximum Gasteiger partial charge on any atom is 0.387 e. The quantitative estimate of drug-likeness (QED) is 0.795. The van der Waals surface area contributed by atoms with Gasteiger partial charge in [0.05, 0.1) is 0 Å². The lowest BCUT2D eigenvalue weighted by atomic mass is 10.0. The van der Waals surface area contributed by atoms with E-state index < -0.39 is 6.61 Å². The molecule has 96 valence electrons. The summed E-state index contributed by atoms with van der Waals surface area (Å²) in [6.07, 6.45) is 3.15. The van der Waals surface area contributed by atoms with Crippen LogP contribution in [0.25, 0.3) is 0 Å². The average molecular weight is 264 g/mol. The summed E-state index contributed by atoms with van der Waals surface area (Å²) in [6, 6.07) is 6.27. The van der Waals surface area contributed by atoms with Gasteiger partial charge in [0.2, 0.25) is 0 Å². The lowest BCUT2D eigenvalue weighted by molar-refractivity contribution is -0.0506. The monoisotopic (exact) mass is 263 g/mol. The zero-order valence-corrected chi connectivity index (χ0v) is 10.1. The van der Waals surface area contributed by atoms with Gasteiger partial charge in [0.25, 0.3) is 0 Å². The second kappa shape index (κ2) is 8.03. The molecule has 0 saturated carbocycles. The molecule has 0 aliphatic heterocycles. The molecule has 17 heavy (non-hydrogen) atoms. The fraction of sp³-hybridized carbons (Fsp3) is 0.333. The number of alkyl halides is 2. The van der Waals surface area contributed by atoms with E-state index in [1.807, 2.05) is 0 Å². The van der Waals surface area contributed by atoms with E-state index in [2.05, 4.69) is 11.3 Å². The number of allylic oxidation sites excluding steroid dienone is 1. The van der Waals surface area contributed by atoms with Crippen molar-refractivity contribution in [2.45, 2.75) is 25.5 Å². The first-order valence-electron chi connectivity index (χ1n) is 5.05. The Bertz CT molecular complexity index is 347. The Morgan fingerprint density at radius 2 is 2.00 bits per heavy atom. The molecule has 1 aromatic rings. The highest BCUT2D eigenvalue weighted by atomic mass is 35.5. The molecule has 0 fully saturated rings. The smallest absolute Gasteiger partial charge is 0.387 e. The van der Waals surface area contributed by atoms with Crippen LogP contribution in [0, 0.1) is 0 Å². The van der Waals surface area contributed by atoms with Crippen molar-refractivity contribution in [3.05, 3.63) is 42.5 Å². The summed E-state index contributed by atoms with van der Waals surface area (Å²) in [6.45, 7) is 0.764. The number of hydrogen-bond acceptors (Lipinski definition) is 2. The van der Waals surface area contributed by atoms with Crippen LogP contribution in [0.2, 0.25) is 0 Å². The lowest BCUT2D eigenvalue weighted by Gasteiger charge is -2.15. The summed E-state index contributed by atoms with van der Waals surface area (Å²) in [5.74, 6) is 0.147. The molecule has 0 unspecified atom stereocenters. The zero-order valence-electron chi connectivity index (χ0n) is 9.31.